The summed E-state index contributed by atoms with van der Waals surface area (Å²) in [5.41, 5.74) is 16.1. The molecular weight excluding hydrogens is 1110 g/mol. The fourth-order valence-electron chi connectivity index (χ4n) is 10.7. The normalized spacial score (nSPS) is 13.6. The predicted octanol–water partition coefficient (Wildman–Crippen LogP) is 19.9. The van der Waals surface area contributed by atoms with E-state index in [4.69, 9.17) is 9.72 Å². The van der Waals surface area contributed by atoms with E-state index in [9.17, 15) is 0 Å². The molecule has 0 N–H and O–H groups in total. The second-order valence-electron chi connectivity index (χ2n) is 24.6. The molecule has 7 heteroatoms. The van der Waals surface area contributed by atoms with Gasteiger partial charge in [-0.15, -0.1) is 55.3 Å². The van der Waals surface area contributed by atoms with Crippen molar-refractivity contribution < 1.29 is 25.8 Å². The zero-order chi connectivity index (χ0) is 52.1. The molecule has 10 aromatic rings. The molecule has 0 saturated heterocycles. The minimum absolute atomic E-state index is 0. The van der Waals surface area contributed by atoms with Crippen LogP contribution in [0.4, 0.5) is 22.7 Å². The van der Waals surface area contributed by atoms with Crippen LogP contribution in [0.3, 0.4) is 0 Å². The standard InChI is InChI=1S/C68H70N4OP.Pt/c1-14-15-33-74-59-30-22-29-57-62(59)63-58(72(57)61-39-46(31-32-69-61)65(2,3)4)41-52(42-60(63)74)73-51-26-21-25-50(40-51)70-43-71(56-28-20-19-27-55(56)70)64-53(44-23-17-16-18-24-44)37-49(68(11,12)13)38-54(64)45-34-47(66(5,6)7)36-48(35-45)67(8,9)10;/h16-32,34-39,42-43H,14-15,33H2,1-13H3;/q-3;. The van der Waals surface area contributed by atoms with E-state index in [1.807, 2.05) is 12.3 Å². The summed E-state index contributed by atoms with van der Waals surface area (Å²) in [6.45, 7) is 32.3. The molecule has 0 aliphatic carbocycles. The molecule has 1 atom stereocenters. The third-order valence-corrected chi connectivity index (χ3v) is 17.7. The summed E-state index contributed by atoms with van der Waals surface area (Å²) in [6.07, 6.45) is 5.42. The summed E-state index contributed by atoms with van der Waals surface area (Å²) in [5.74, 6) is 2.22. The molecular formula is C68H70N4OPPt-3. The summed E-state index contributed by atoms with van der Waals surface area (Å²) in [5, 5.41) is 5.45. The average molecular weight is 1190 g/mol. The molecule has 0 bridgehead atoms. The first-order chi connectivity index (χ1) is 35.2. The van der Waals surface area contributed by atoms with Crippen molar-refractivity contribution in [2.75, 3.05) is 9.80 Å². The van der Waals surface area contributed by atoms with Gasteiger partial charge in [-0.1, -0.05) is 180 Å². The average Bonchev–Trinajstić information content (AvgIpc) is 4.08. The van der Waals surface area contributed by atoms with Gasteiger partial charge in [0, 0.05) is 72.5 Å². The third kappa shape index (κ3) is 9.63. The number of anilines is 4. The van der Waals surface area contributed by atoms with E-state index in [0.717, 1.165) is 46.7 Å². The van der Waals surface area contributed by atoms with Crippen molar-refractivity contribution in [2.45, 2.75) is 131 Å². The van der Waals surface area contributed by atoms with Gasteiger partial charge in [-0.25, -0.2) is 4.98 Å². The number of aryl methyl sites for hydroxylation is 1. The fraction of sp³-hybridized carbons (Fsp3) is 0.294. The summed E-state index contributed by atoms with van der Waals surface area (Å²) < 4.78 is 9.33. The quantitative estimate of drug-likeness (QED) is 0.128. The topological polar surface area (TPSA) is 33.5 Å². The zero-order valence-corrected chi connectivity index (χ0v) is 49.2. The van der Waals surface area contributed by atoms with E-state index >= 15 is 0 Å². The number of nitrogens with zero attached hydrogens (tertiary/aromatic N) is 4. The van der Waals surface area contributed by atoms with Gasteiger partial charge in [-0.2, -0.15) is 6.07 Å². The number of benzene rings is 7. The van der Waals surface area contributed by atoms with Gasteiger partial charge >= 0.3 is 0 Å². The van der Waals surface area contributed by atoms with Gasteiger partial charge in [-0.05, 0) is 121 Å². The number of para-hydroxylation sites is 2. The van der Waals surface area contributed by atoms with Gasteiger partial charge in [0.2, 0.25) is 0 Å². The molecule has 1 aliphatic heterocycles. The molecule has 0 radical (unpaired) electrons. The molecule has 7 aromatic carbocycles. The molecule has 5 nitrogen and oxygen atoms in total. The van der Waals surface area contributed by atoms with Crippen molar-refractivity contribution in [3.05, 3.63) is 187 Å². The first-order valence-electron chi connectivity index (χ1n) is 26.6. The Kier molecular flexibility index (Phi) is 13.6. The molecule has 4 heterocycles. The van der Waals surface area contributed by atoms with Crippen LogP contribution in [0.15, 0.2) is 146 Å². The molecule has 1 unspecified atom stereocenters. The minimum atomic E-state index is -0.571. The Hall–Kier alpha value is -6.12. The number of unbranched alkanes of at least 4 members (excludes halogenated alkanes) is 1. The van der Waals surface area contributed by atoms with Crippen molar-refractivity contribution in [1.82, 2.24) is 9.55 Å². The third-order valence-electron chi connectivity index (χ3n) is 15.0. The first kappa shape index (κ1) is 52.3. The number of pyridine rings is 1. The van der Waals surface area contributed by atoms with Crippen LogP contribution in [-0.4, -0.2) is 9.55 Å². The van der Waals surface area contributed by atoms with Crippen LogP contribution in [0.25, 0.3) is 60.1 Å². The van der Waals surface area contributed by atoms with Gasteiger partial charge in [0.1, 0.15) is 5.82 Å². The van der Waals surface area contributed by atoms with E-state index in [-0.39, 0.29) is 42.7 Å². The molecule has 386 valence electrons. The number of aromatic nitrogens is 2. The van der Waals surface area contributed by atoms with Crippen molar-refractivity contribution in [2.24, 2.45) is 0 Å². The second kappa shape index (κ2) is 19.5. The van der Waals surface area contributed by atoms with Crippen molar-refractivity contribution in [3.8, 4) is 39.6 Å². The Morgan fingerprint density at radius 3 is 1.81 bits per heavy atom. The largest absolute Gasteiger partial charge is 0.509 e. The van der Waals surface area contributed by atoms with Gasteiger partial charge in [-0.3, -0.25) is 0 Å². The Balaban J connectivity index is 0.00000641. The second-order valence-corrected chi connectivity index (χ2v) is 26.9. The van der Waals surface area contributed by atoms with Gasteiger partial charge in [0.15, 0.2) is 0 Å². The Morgan fingerprint density at radius 1 is 0.547 bits per heavy atom. The van der Waals surface area contributed by atoms with Crippen molar-refractivity contribution in [1.29, 1.82) is 0 Å². The minimum Gasteiger partial charge on any atom is -0.509 e. The van der Waals surface area contributed by atoms with Crippen LogP contribution in [-0.2, 0) is 48.9 Å². The summed E-state index contributed by atoms with van der Waals surface area (Å²) in [4.78, 5) is 9.69. The van der Waals surface area contributed by atoms with E-state index in [2.05, 4.69) is 257 Å². The zero-order valence-electron chi connectivity index (χ0n) is 46.0. The maximum absolute atomic E-state index is 7.02. The predicted molar refractivity (Wildman–Crippen MR) is 316 cm³/mol. The molecule has 3 aromatic heterocycles. The van der Waals surface area contributed by atoms with Gasteiger partial charge in [0.25, 0.3) is 0 Å². The SMILES string of the molecule is CCCCp1c2cc(Oc3[c-]c(N4[CH-]N(c5c(-c6ccccc6)cc(C(C)(C)C)cc5-c5cc(C(C)(C)C)cc(C(C)(C)C)c5)c5ccccc54)ccc3)[c-]c3c2c2c(cccc21)n3-c1cc(C(C)(C)C)ccn1.[Pt]. The molecule has 0 saturated carbocycles. The Morgan fingerprint density at radius 2 is 1.16 bits per heavy atom. The molecule has 0 spiro atoms. The van der Waals surface area contributed by atoms with E-state index in [1.165, 1.54) is 77.5 Å². The first-order valence-corrected chi connectivity index (χ1v) is 28.1. The molecule has 0 amide bonds. The fourth-order valence-corrected chi connectivity index (χ4v) is 13.6. The van der Waals surface area contributed by atoms with Crippen LogP contribution in [0.2, 0.25) is 0 Å². The van der Waals surface area contributed by atoms with Crippen LogP contribution < -0.4 is 14.5 Å². The van der Waals surface area contributed by atoms with E-state index in [0.29, 0.717) is 11.5 Å². The van der Waals surface area contributed by atoms with Crippen molar-refractivity contribution >= 4 is 62.3 Å². The molecule has 75 heavy (non-hydrogen) atoms. The molecule has 1 aliphatic rings. The number of hydrogen-bond donors (Lipinski definition) is 0. The summed E-state index contributed by atoms with van der Waals surface area (Å²) in [7, 11) is -0.571. The van der Waals surface area contributed by atoms with E-state index < -0.39 is 7.53 Å². The molecule has 0 fully saturated rings. The Bertz CT molecular complexity index is 3690. The number of ether oxygens (including phenoxy) is 1. The maximum Gasteiger partial charge on any atom is 0.135 e. The molecule has 11 rings (SSSR count). The Labute approximate surface area is 461 Å². The smallest absolute Gasteiger partial charge is 0.135 e. The summed E-state index contributed by atoms with van der Waals surface area (Å²) in [6, 6.07) is 59.2. The van der Waals surface area contributed by atoms with Crippen LogP contribution in [0, 0.1) is 18.8 Å². The van der Waals surface area contributed by atoms with Crippen LogP contribution in [0.1, 0.15) is 125 Å². The number of rotatable bonds is 10. The number of hydrogen-bond acceptors (Lipinski definition) is 4. The van der Waals surface area contributed by atoms with Crippen LogP contribution >= 0.6 is 7.53 Å². The van der Waals surface area contributed by atoms with Gasteiger partial charge < -0.3 is 19.1 Å². The van der Waals surface area contributed by atoms with Crippen molar-refractivity contribution in [3.63, 3.8) is 0 Å². The number of fused-ring (bicyclic) bond motifs is 1. The van der Waals surface area contributed by atoms with Crippen LogP contribution in [0.5, 0.6) is 11.5 Å². The monoisotopic (exact) mass is 1180 g/mol. The van der Waals surface area contributed by atoms with Gasteiger partial charge in [0.05, 0.1) is 0 Å². The van der Waals surface area contributed by atoms with E-state index in [1.54, 1.807) is 0 Å². The maximum atomic E-state index is 7.02. The summed E-state index contributed by atoms with van der Waals surface area (Å²) >= 11 is 0.